The van der Waals surface area contributed by atoms with Crippen LogP contribution in [0.2, 0.25) is 0 Å². The van der Waals surface area contributed by atoms with Gasteiger partial charge in [0, 0.05) is 54.2 Å². The summed E-state index contributed by atoms with van der Waals surface area (Å²) in [6.07, 6.45) is 13.3. The van der Waals surface area contributed by atoms with Crippen molar-refractivity contribution in [1.82, 2.24) is 14.9 Å². The van der Waals surface area contributed by atoms with Crippen LogP contribution in [0.5, 0.6) is 5.75 Å². The number of nitrogens with zero attached hydrogens (tertiary/aromatic N) is 4. The first kappa shape index (κ1) is 25.4. The van der Waals surface area contributed by atoms with E-state index >= 15 is 0 Å². The standard InChI is InChI=1S/C31H41N5O2/c1-37-30-20-27-29(19-23(30)22-38-18-17-35-13-4-5-14-35)34-28-9-3-2-8-26(28)31(27)33-24-10-15-36(16-11-24)25-7-6-12-32-21-25/h6-7,12,19-21,24H,2-5,8-11,13-18,22H2,1H3,(H,33,34). The van der Waals surface area contributed by atoms with Crippen molar-refractivity contribution in [3.63, 3.8) is 0 Å². The minimum absolute atomic E-state index is 0.444. The van der Waals surface area contributed by atoms with Crippen LogP contribution in [0.3, 0.4) is 0 Å². The molecule has 7 heteroatoms. The molecule has 3 aliphatic rings. The van der Waals surface area contributed by atoms with Crippen molar-refractivity contribution < 1.29 is 9.47 Å². The predicted molar refractivity (Wildman–Crippen MR) is 153 cm³/mol. The highest BCUT2D eigenvalue weighted by Crippen LogP contribution is 2.38. The van der Waals surface area contributed by atoms with Crippen LogP contribution in [0.25, 0.3) is 10.9 Å². The van der Waals surface area contributed by atoms with E-state index in [9.17, 15) is 0 Å². The Morgan fingerprint density at radius 2 is 1.87 bits per heavy atom. The molecule has 1 N–H and O–H groups in total. The summed E-state index contributed by atoms with van der Waals surface area (Å²) in [4.78, 5) is 14.4. The highest BCUT2D eigenvalue weighted by Gasteiger charge is 2.25. The second kappa shape index (κ2) is 11.9. The number of piperidine rings is 1. The lowest BCUT2D eigenvalue weighted by molar-refractivity contribution is 0.0979. The minimum atomic E-state index is 0.444. The molecule has 7 nitrogen and oxygen atoms in total. The fourth-order valence-electron chi connectivity index (χ4n) is 6.37. The maximum atomic E-state index is 6.11. The number of anilines is 2. The minimum Gasteiger partial charge on any atom is -0.496 e. The van der Waals surface area contributed by atoms with Gasteiger partial charge >= 0.3 is 0 Å². The third-order valence-electron chi connectivity index (χ3n) is 8.53. The van der Waals surface area contributed by atoms with Crippen LogP contribution in [0.1, 0.15) is 55.3 Å². The molecule has 0 spiro atoms. The number of hydrogen-bond donors (Lipinski definition) is 1. The zero-order valence-electron chi connectivity index (χ0n) is 22.8. The molecule has 1 aliphatic carbocycles. The van der Waals surface area contributed by atoms with Gasteiger partial charge in [0.1, 0.15) is 5.75 Å². The lowest BCUT2D eigenvalue weighted by Crippen LogP contribution is -2.39. The van der Waals surface area contributed by atoms with E-state index in [0.29, 0.717) is 12.6 Å². The van der Waals surface area contributed by atoms with Crippen molar-refractivity contribution in [1.29, 1.82) is 0 Å². The van der Waals surface area contributed by atoms with Crippen LogP contribution in [-0.2, 0) is 24.2 Å². The first-order chi connectivity index (χ1) is 18.8. The molecule has 0 unspecified atom stereocenters. The van der Waals surface area contributed by atoms with Crippen molar-refractivity contribution in [2.75, 3.05) is 56.7 Å². The number of likely N-dealkylation sites (tertiary alicyclic amines) is 1. The molecule has 0 amide bonds. The molecular formula is C31H41N5O2. The van der Waals surface area contributed by atoms with Gasteiger partial charge < -0.3 is 24.6 Å². The van der Waals surface area contributed by atoms with Gasteiger partial charge in [0.05, 0.1) is 37.7 Å². The lowest BCUT2D eigenvalue weighted by atomic mass is 9.91. The Morgan fingerprint density at radius 1 is 1.03 bits per heavy atom. The van der Waals surface area contributed by atoms with E-state index in [1.165, 1.54) is 66.8 Å². The normalized spacial score (nSPS) is 18.6. The third-order valence-corrected chi connectivity index (χ3v) is 8.53. The van der Waals surface area contributed by atoms with Gasteiger partial charge in [-0.25, -0.2) is 0 Å². The van der Waals surface area contributed by atoms with Gasteiger partial charge in [-0.3, -0.25) is 9.97 Å². The molecule has 4 heterocycles. The summed E-state index contributed by atoms with van der Waals surface area (Å²) in [5.41, 5.74) is 7.32. The van der Waals surface area contributed by atoms with Gasteiger partial charge in [-0.2, -0.15) is 0 Å². The summed E-state index contributed by atoms with van der Waals surface area (Å²) in [6, 6.07) is 9.03. The molecule has 0 atom stereocenters. The molecular weight excluding hydrogens is 474 g/mol. The van der Waals surface area contributed by atoms with E-state index in [-0.39, 0.29) is 0 Å². The smallest absolute Gasteiger partial charge is 0.125 e. The Hall–Kier alpha value is -2.90. The molecule has 0 bridgehead atoms. The lowest BCUT2D eigenvalue weighted by Gasteiger charge is -2.35. The number of nitrogens with one attached hydrogen (secondary N) is 1. The monoisotopic (exact) mass is 515 g/mol. The number of fused-ring (bicyclic) bond motifs is 2. The molecule has 0 radical (unpaired) electrons. The molecule has 2 aliphatic heterocycles. The second-order valence-electron chi connectivity index (χ2n) is 11.0. The van der Waals surface area contributed by atoms with Crippen LogP contribution in [0, 0.1) is 0 Å². The summed E-state index contributed by atoms with van der Waals surface area (Å²) < 4.78 is 12.0. The van der Waals surface area contributed by atoms with Crippen molar-refractivity contribution in [2.45, 2.75) is 64.0 Å². The number of ether oxygens (including phenoxy) is 2. The van der Waals surface area contributed by atoms with E-state index in [2.05, 4.69) is 38.3 Å². The maximum Gasteiger partial charge on any atom is 0.125 e. The van der Waals surface area contributed by atoms with E-state index < -0.39 is 0 Å². The molecule has 38 heavy (non-hydrogen) atoms. The number of rotatable bonds is 9. The number of methoxy groups -OCH3 is 1. The van der Waals surface area contributed by atoms with Crippen molar-refractivity contribution >= 4 is 22.3 Å². The molecule has 2 fully saturated rings. The Morgan fingerprint density at radius 3 is 2.66 bits per heavy atom. The van der Waals surface area contributed by atoms with E-state index in [0.717, 1.165) is 68.8 Å². The molecule has 0 saturated carbocycles. The van der Waals surface area contributed by atoms with Gasteiger partial charge in [0.2, 0.25) is 0 Å². The largest absolute Gasteiger partial charge is 0.496 e. The summed E-state index contributed by atoms with van der Waals surface area (Å²) in [7, 11) is 1.77. The van der Waals surface area contributed by atoms with Crippen LogP contribution >= 0.6 is 0 Å². The number of aryl methyl sites for hydroxylation is 1. The van der Waals surface area contributed by atoms with Crippen LogP contribution in [0.4, 0.5) is 11.4 Å². The van der Waals surface area contributed by atoms with Crippen LogP contribution in [0.15, 0.2) is 36.7 Å². The fourth-order valence-corrected chi connectivity index (χ4v) is 6.37. The number of aromatic nitrogens is 2. The Labute approximate surface area is 226 Å². The molecule has 3 aromatic rings. The highest BCUT2D eigenvalue weighted by atomic mass is 16.5. The summed E-state index contributed by atoms with van der Waals surface area (Å²) in [5.74, 6) is 0.894. The number of benzene rings is 1. The van der Waals surface area contributed by atoms with Gasteiger partial charge in [-0.1, -0.05) is 0 Å². The first-order valence-electron chi connectivity index (χ1n) is 14.5. The van der Waals surface area contributed by atoms with Gasteiger partial charge in [-0.15, -0.1) is 0 Å². The quantitative estimate of drug-likeness (QED) is 0.393. The topological polar surface area (TPSA) is 62.8 Å². The Balaban J connectivity index is 1.21. The Bertz CT molecular complexity index is 1220. The maximum absolute atomic E-state index is 6.11. The average Bonchev–Trinajstić information content (AvgIpc) is 3.49. The van der Waals surface area contributed by atoms with Gasteiger partial charge in [0.25, 0.3) is 0 Å². The highest BCUT2D eigenvalue weighted by molar-refractivity contribution is 5.95. The van der Waals surface area contributed by atoms with Crippen molar-refractivity contribution in [3.05, 3.63) is 53.5 Å². The van der Waals surface area contributed by atoms with Gasteiger partial charge in [-0.05, 0) is 94.3 Å². The third kappa shape index (κ3) is 5.59. The second-order valence-corrected chi connectivity index (χ2v) is 11.0. The van der Waals surface area contributed by atoms with E-state index in [1.54, 1.807) is 7.11 Å². The Kier molecular flexibility index (Phi) is 7.93. The molecule has 202 valence electrons. The van der Waals surface area contributed by atoms with Crippen molar-refractivity contribution in [3.8, 4) is 5.75 Å². The molecule has 2 aromatic heterocycles. The van der Waals surface area contributed by atoms with Crippen LogP contribution in [-0.4, -0.2) is 67.4 Å². The summed E-state index contributed by atoms with van der Waals surface area (Å²) >= 11 is 0. The SMILES string of the molecule is COc1cc2c(NC3CCN(c4cccnc4)CC3)c3c(nc2cc1COCCN1CCCC1)CCCC3. The average molecular weight is 516 g/mol. The van der Waals surface area contributed by atoms with Gasteiger partial charge in [0.15, 0.2) is 0 Å². The zero-order chi connectivity index (χ0) is 25.7. The molecule has 6 rings (SSSR count). The first-order valence-corrected chi connectivity index (χ1v) is 14.5. The number of hydrogen-bond acceptors (Lipinski definition) is 7. The van der Waals surface area contributed by atoms with Crippen molar-refractivity contribution in [2.24, 2.45) is 0 Å². The predicted octanol–water partition coefficient (Wildman–Crippen LogP) is 5.21. The summed E-state index contributed by atoms with van der Waals surface area (Å²) in [5, 5.41) is 5.18. The fraction of sp³-hybridized carbons (Fsp3) is 0.548. The molecule has 2 saturated heterocycles. The van der Waals surface area contributed by atoms with Crippen LogP contribution < -0.4 is 15.0 Å². The number of pyridine rings is 2. The zero-order valence-corrected chi connectivity index (χ0v) is 22.8. The molecule has 1 aromatic carbocycles. The summed E-state index contributed by atoms with van der Waals surface area (Å²) in [6.45, 7) is 6.81. The van der Waals surface area contributed by atoms with E-state index in [4.69, 9.17) is 14.5 Å². The van der Waals surface area contributed by atoms with E-state index in [1.807, 2.05) is 18.5 Å².